The lowest BCUT2D eigenvalue weighted by Crippen LogP contribution is -2.25. The Kier molecular flexibility index (Phi) is 6.30. The fraction of sp³-hybridized carbons (Fsp3) is 0.526. The number of carbonyl (C=O) groups excluding carboxylic acids is 2. The van der Waals surface area contributed by atoms with E-state index in [1.54, 1.807) is 45.7 Å². The molecule has 2 aromatic heterocycles. The van der Waals surface area contributed by atoms with E-state index in [4.69, 9.17) is 14.0 Å². The van der Waals surface area contributed by atoms with Crippen molar-refractivity contribution in [3.63, 3.8) is 0 Å². The van der Waals surface area contributed by atoms with Crippen LogP contribution < -0.4 is 4.90 Å². The van der Waals surface area contributed by atoms with E-state index in [1.807, 2.05) is 6.92 Å². The number of nitrogens with zero attached hydrogens (tertiary/aromatic N) is 2. The fourth-order valence-corrected chi connectivity index (χ4v) is 2.73. The summed E-state index contributed by atoms with van der Waals surface area (Å²) >= 11 is 0. The second-order valence-corrected chi connectivity index (χ2v) is 7.12. The van der Waals surface area contributed by atoms with E-state index in [1.165, 1.54) is 6.26 Å². The Labute approximate surface area is 158 Å². The lowest BCUT2D eigenvalue weighted by Gasteiger charge is -2.19. The average Bonchev–Trinajstić information content (AvgIpc) is 3.20. The van der Waals surface area contributed by atoms with Gasteiger partial charge in [-0.3, -0.25) is 0 Å². The van der Waals surface area contributed by atoms with Gasteiger partial charge in [0.05, 0.1) is 13.2 Å². The van der Waals surface area contributed by atoms with Gasteiger partial charge in [0, 0.05) is 18.7 Å². The number of hydrogen-bond acceptors (Lipinski definition) is 7. The second kappa shape index (κ2) is 8.28. The molecule has 1 N–H and O–H groups in total. The molecule has 0 aliphatic heterocycles. The zero-order chi connectivity index (χ0) is 20.2. The Hall–Kier alpha value is -2.77. The van der Waals surface area contributed by atoms with Gasteiger partial charge >= 0.3 is 11.9 Å². The highest BCUT2D eigenvalue weighted by atomic mass is 16.6. The third-order valence-electron chi connectivity index (χ3n) is 3.79. The molecule has 0 saturated heterocycles. The van der Waals surface area contributed by atoms with Crippen molar-refractivity contribution in [2.75, 3.05) is 18.6 Å². The number of nitrogens with one attached hydrogen (secondary N) is 1. The zero-order valence-corrected chi connectivity index (χ0v) is 16.7. The smallest absolute Gasteiger partial charge is 0.355 e. The summed E-state index contributed by atoms with van der Waals surface area (Å²) in [5, 5.41) is 3.89. The second-order valence-electron chi connectivity index (χ2n) is 7.12. The molecule has 2 rings (SSSR count). The maximum atomic E-state index is 12.7. The van der Waals surface area contributed by atoms with Crippen LogP contribution in [0.3, 0.4) is 0 Å². The number of anilines is 1. The molecule has 8 nitrogen and oxygen atoms in total. The molecule has 2 heterocycles. The normalized spacial score (nSPS) is 11.3. The van der Waals surface area contributed by atoms with Crippen LogP contribution in [0, 0.1) is 0 Å². The summed E-state index contributed by atoms with van der Waals surface area (Å²) in [6.45, 7) is 9.63. The van der Waals surface area contributed by atoms with Crippen molar-refractivity contribution in [2.45, 2.75) is 53.2 Å². The highest BCUT2D eigenvalue weighted by Crippen LogP contribution is 2.30. The van der Waals surface area contributed by atoms with Gasteiger partial charge < -0.3 is 23.9 Å². The highest BCUT2D eigenvalue weighted by Gasteiger charge is 2.30. The summed E-state index contributed by atoms with van der Waals surface area (Å²) in [6, 6.07) is 1.74. The summed E-state index contributed by atoms with van der Waals surface area (Å²) in [7, 11) is 1.79. The Morgan fingerprint density at radius 3 is 2.48 bits per heavy atom. The van der Waals surface area contributed by atoms with Gasteiger partial charge in [-0.05, 0) is 34.1 Å². The topological polar surface area (TPSA) is 97.7 Å². The van der Waals surface area contributed by atoms with Crippen molar-refractivity contribution in [3.05, 3.63) is 34.8 Å². The Balaban J connectivity index is 2.49. The third-order valence-corrected chi connectivity index (χ3v) is 3.79. The minimum atomic E-state index is -0.649. The zero-order valence-electron chi connectivity index (χ0n) is 16.7. The van der Waals surface area contributed by atoms with Crippen LogP contribution >= 0.6 is 0 Å². The van der Waals surface area contributed by atoms with Crippen LogP contribution in [0.15, 0.2) is 16.9 Å². The standard InChI is InChI=1S/C19H27N3O5/c1-7-13-14(17(23)25-8-2)16(22(6)11-12-9-10-26-21-12)20-15(13)18(24)27-19(3,4)5/h9-10,20H,7-8,11H2,1-6H3. The molecule has 0 bridgehead atoms. The van der Waals surface area contributed by atoms with Crippen LogP contribution in [0.5, 0.6) is 0 Å². The molecule has 0 aromatic carbocycles. The maximum absolute atomic E-state index is 12.7. The van der Waals surface area contributed by atoms with E-state index in [9.17, 15) is 9.59 Å². The molecule has 0 aliphatic carbocycles. The number of aromatic amines is 1. The molecule has 8 heteroatoms. The molecule has 0 radical (unpaired) electrons. The van der Waals surface area contributed by atoms with Gasteiger partial charge in [-0.15, -0.1) is 0 Å². The molecule has 0 amide bonds. The molecule has 0 aliphatic rings. The van der Waals surface area contributed by atoms with Gasteiger partial charge in [0.15, 0.2) is 0 Å². The number of hydrogen-bond donors (Lipinski definition) is 1. The molecule has 0 fully saturated rings. The van der Waals surface area contributed by atoms with Crippen molar-refractivity contribution < 1.29 is 23.6 Å². The first kappa shape index (κ1) is 20.5. The van der Waals surface area contributed by atoms with Gasteiger partial charge in [0.2, 0.25) is 0 Å². The van der Waals surface area contributed by atoms with E-state index in [0.717, 1.165) is 0 Å². The van der Waals surface area contributed by atoms with Crippen LogP contribution in [-0.2, 0) is 22.4 Å². The number of aromatic nitrogens is 2. The summed E-state index contributed by atoms with van der Waals surface area (Å²) in [5.74, 6) is -0.512. The molecule has 0 spiro atoms. The van der Waals surface area contributed by atoms with Crippen LogP contribution in [0.1, 0.15) is 66.7 Å². The van der Waals surface area contributed by atoms with Crippen molar-refractivity contribution in [2.24, 2.45) is 0 Å². The maximum Gasteiger partial charge on any atom is 0.355 e. The van der Waals surface area contributed by atoms with E-state index in [-0.39, 0.29) is 12.3 Å². The van der Waals surface area contributed by atoms with Crippen LogP contribution in [0.25, 0.3) is 0 Å². The van der Waals surface area contributed by atoms with Crippen molar-refractivity contribution in [3.8, 4) is 0 Å². The summed E-state index contributed by atoms with van der Waals surface area (Å²) in [5.41, 5.74) is 1.22. The van der Waals surface area contributed by atoms with E-state index >= 15 is 0 Å². The minimum absolute atomic E-state index is 0.237. The lowest BCUT2D eigenvalue weighted by molar-refractivity contribution is 0.00624. The Morgan fingerprint density at radius 1 is 1.26 bits per heavy atom. The monoisotopic (exact) mass is 377 g/mol. The first-order chi connectivity index (χ1) is 12.7. The van der Waals surface area contributed by atoms with Gasteiger partial charge in [-0.1, -0.05) is 12.1 Å². The van der Waals surface area contributed by atoms with Crippen molar-refractivity contribution in [1.29, 1.82) is 0 Å². The van der Waals surface area contributed by atoms with E-state index in [2.05, 4.69) is 10.1 Å². The Bertz CT molecular complexity index is 787. The lowest BCUT2D eigenvalue weighted by atomic mass is 10.1. The molecule has 27 heavy (non-hydrogen) atoms. The van der Waals surface area contributed by atoms with Gasteiger partial charge in [-0.25, -0.2) is 9.59 Å². The average molecular weight is 377 g/mol. The van der Waals surface area contributed by atoms with Crippen LogP contribution in [0.2, 0.25) is 0 Å². The quantitative estimate of drug-likeness (QED) is 0.739. The SMILES string of the molecule is CCOC(=O)c1c(N(C)Cc2ccon2)[nH]c(C(=O)OC(C)(C)C)c1CC. The van der Waals surface area contributed by atoms with Gasteiger partial charge in [0.1, 0.15) is 34.6 Å². The number of esters is 2. The molecular formula is C19H27N3O5. The highest BCUT2D eigenvalue weighted by molar-refractivity contribution is 6.02. The molecular weight excluding hydrogens is 350 g/mol. The molecule has 148 valence electrons. The number of carbonyl (C=O) groups is 2. The van der Waals surface area contributed by atoms with Crippen molar-refractivity contribution >= 4 is 17.8 Å². The minimum Gasteiger partial charge on any atom is -0.462 e. The van der Waals surface area contributed by atoms with Gasteiger partial charge in [0.25, 0.3) is 0 Å². The predicted molar refractivity (Wildman–Crippen MR) is 99.9 cm³/mol. The molecule has 0 atom stereocenters. The number of rotatable bonds is 7. The van der Waals surface area contributed by atoms with Crippen LogP contribution in [0.4, 0.5) is 5.82 Å². The first-order valence-electron chi connectivity index (χ1n) is 8.93. The number of ether oxygens (including phenoxy) is 2. The largest absolute Gasteiger partial charge is 0.462 e. The summed E-state index contributed by atoms with van der Waals surface area (Å²) < 4.78 is 15.6. The Morgan fingerprint density at radius 2 is 1.96 bits per heavy atom. The van der Waals surface area contributed by atoms with E-state index < -0.39 is 17.5 Å². The number of H-pyrrole nitrogens is 1. The molecule has 0 saturated carbocycles. The molecule has 2 aromatic rings. The third kappa shape index (κ3) is 4.90. The predicted octanol–water partition coefficient (Wildman–Crippen LogP) is 3.33. The fourth-order valence-electron chi connectivity index (χ4n) is 2.73. The summed E-state index contributed by atoms with van der Waals surface area (Å²) in [4.78, 5) is 30.1. The van der Waals surface area contributed by atoms with Crippen molar-refractivity contribution in [1.82, 2.24) is 10.1 Å². The molecule has 0 unspecified atom stereocenters. The van der Waals surface area contributed by atoms with Crippen LogP contribution in [-0.4, -0.2) is 41.3 Å². The van der Waals surface area contributed by atoms with E-state index in [0.29, 0.717) is 35.6 Å². The summed E-state index contributed by atoms with van der Waals surface area (Å²) in [6.07, 6.45) is 1.95. The van der Waals surface area contributed by atoms with Gasteiger partial charge in [-0.2, -0.15) is 0 Å². The first-order valence-corrected chi connectivity index (χ1v) is 8.93.